The summed E-state index contributed by atoms with van der Waals surface area (Å²) >= 11 is 4.81. The fourth-order valence-corrected chi connectivity index (χ4v) is 1.96. The molecule has 0 saturated heterocycles. The molecular formula is C15H15FN2S. The zero-order valence-corrected chi connectivity index (χ0v) is 11.4. The van der Waals surface area contributed by atoms with Crippen molar-refractivity contribution in [3.8, 4) is 0 Å². The number of aryl methyl sites for hydroxylation is 1. The van der Waals surface area contributed by atoms with Gasteiger partial charge in [0.25, 0.3) is 0 Å². The van der Waals surface area contributed by atoms with Crippen molar-refractivity contribution < 1.29 is 4.39 Å². The van der Waals surface area contributed by atoms with E-state index in [4.69, 9.17) is 18.0 Å². The number of benzene rings is 2. The number of rotatable bonds is 4. The maximum atomic E-state index is 13.8. The quantitative estimate of drug-likeness (QED) is 0.839. The molecule has 2 rings (SSSR count). The topological polar surface area (TPSA) is 38.0 Å². The normalized spacial score (nSPS) is 10.2. The first kappa shape index (κ1) is 13.5. The second-order valence-electron chi connectivity index (χ2n) is 4.40. The minimum Gasteiger partial charge on any atom is -0.389 e. The summed E-state index contributed by atoms with van der Waals surface area (Å²) < 4.78 is 13.8. The zero-order valence-electron chi connectivity index (χ0n) is 10.6. The average Bonchev–Trinajstić information content (AvgIpc) is 2.37. The maximum Gasteiger partial charge on any atom is 0.146 e. The van der Waals surface area contributed by atoms with Crippen molar-refractivity contribution in [2.75, 3.05) is 5.32 Å². The van der Waals surface area contributed by atoms with Gasteiger partial charge in [-0.3, -0.25) is 0 Å². The van der Waals surface area contributed by atoms with Crippen LogP contribution in [0.2, 0.25) is 0 Å². The third kappa shape index (κ3) is 3.51. The molecule has 3 N–H and O–H groups in total. The van der Waals surface area contributed by atoms with Crippen molar-refractivity contribution >= 4 is 22.9 Å². The molecule has 0 aliphatic heterocycles. The highest BCUT2D eigenvalue weighted by Crippen LogP contribution is 2.17. The van der Waals surface area contributed by atoms with E-state index in [1.807, 2.05) is 25.1 Å². The molecule has 2 nitrogen and oxygen atoms in total. The number of hydrogen-bond donors (Lipinski definition) is 2. The summed E-state index contributed by atoms with van der Waals surface area (Å²) in [5.41, 5.74) is 8.73. The summed E-state index contributed by atoms with van der Waals surface area (Å²) in [6, 6.07) is 12.8. The minimum absolute atomic E-state index is 0.198. The van der Waals surface area contributed by atoms with Gasteiger partial charge >= 0.3 is 0 Å². The Morgan fingerprint density at radius 1 is 1.26 bits per heavy atom. The van der Waals surface area contributed by atoms with E-state index in [0.29, 0.717) is 17.8 Å². The first-order chi connectivity index (χ1) is 9.06. The molecule has 0 bridgehead atoms. The van der Waals surface area contributed by atoms with Gasteiger partial charge in [-0.1, -0.05) is 42.0 Å². The molecule has 2 aromatic rings. The van der Waals surface area contributed by atoms with Gasteiger partial charge in [0.1, 0.15) is 10.8 Å². The van der Waals surface area contributed by atoms with Crippen molar-refractivity contribution in [1.82, 2.24) is 0 Å². The molecule has 0 atom stereocenters. The van der Waals surface area contributed by atoms with Crippen molar-refractivity contribution in [2.45, 2.75) is 13.5 Å². The fraction of sp³-hybridized carbons (Fsp3) is 0.133. The van der Waals surface area contributed by atoms with Crippen LogP contribution >= 0.6 is 12.2 Å². The van der Waals surface area contributed by atoms with E-state index < -0.39 is 0 Å². The Kier molecular flexibility index (Phi) is 4.12. The summed E-state index contributed by atoms with van der Waals surface area (Å²) in [7, 11) is 0. The maximum absolute atomic E-state index is 13.8. The predicted molar refractivity (Wildman–Crippen MR) is 80.8 cm³/mol. The average molecular weight is 274 g/mol. The second kappa shape index (κ2) is 5.80. The second-order valence-corrected chi connectivity index (χ2v) is 4.84. The molecule has 19 heavy (non-hydrogen) atoms. The van der Waals surface area contributed by atoms with Gasteiger partial charge in [0.15, 0.2) is 0 Å². The number of nitrogens with two attached hydrogens (primary N) is 1. The molecule has 0 spiro atoms. The third-order valence-electron chi connectivity index (χ3n) is 2.82. The standard InChI is InChI=1S/C15H15FN2S/c1-10-3-2-4-11(7-10)9-18-14-6-5-12(15(17)19)8-13(14)16/h2-8,18H,9H2,1H3,(H2,17,19). The summed E-state index contributed by atoms with van der Waals surface area (Å²) in [5.74, 6) is -0.349. The highest BCUT2D eigenvalue weighted by Gasteiger charge is 2.05. The molecule has 98 valence electrons. The summed E-state index contributed by atoms with van der Waals surface area (Å²) in [6.07, 6.45) is 0. The lowest BCUT2D eigenvalue weighted by molar-refractivity contribution is 0.630. The monoisotopic (exact) mass is 274 g/mol. The fourth-order valence-electron chi connectivity index (χ4n) is 1.83. The van der Waals surface area contributed by atoms with Crippen LogP contribution in [0, 0.1) is 12.7 Å². The molecule has 0 radical (unpaired) electrons. The largest absolute Gasteiger partial charge is 0.389 e. The first-order valence-corrected chi connectivity index (χ1v) is 6.36. The van der Waals surface area contributed by atoms with Crippen molar-refractivity contribution in [3.63, 3.8) is 0 Å². The smallest absolute Gasteiger partial charge is 0.146 e. The van der Waals surface area contributed by atoms with Gasteiger partial charge in [-0.2, -0.15) is 0 Å². The molecule has 0 aromatic heterocycles. The van der Waals surface area contributed by atoms with E-state index in [1.165, 1.54) is 11.6 Å². The molecular weight excluding hydrogens is 259 g/mol. The summed E-state index contributed by atoms with van der Waals surface area (Å²) in [5, 5.41) is 3.06. The minimum atomic E-state index is -0.349. The highest BCUT2D eigenvalue weighted by molar-refractivity contribution is 7.80. The van der Waals surface area contributed by atoms with E-state index in [0.717, 1.165) is 5.56 Å². The lowest BCUT2D eigenvalue weighted by Crippen LogP contribution is -2.10. The lowest BCUT2D eigenvalue weighted by Gasteiger charge is -2.09. The Labute approximate surface area is 117 Å². The number of halogens is 1. The van der Waals surface area contributed by atoms with Crippen LogP contribution < -0.4 is 11.1 Å². The van der Waals surface area contributed by atoms with Gasteiger partial charge in [-0.25, -0.2) is 4.39 Å². The molecule has 0 aliphatic carbocycles. The Balaban J connectivity index is 2.10. The lowest BCUT2D eigenvalue weighted by atomic mass is 10.1. The van der Waals surface area contributed by atoms with Crippen LogP contribution in [0.5, 0.6) is 0 Å². The van der Waals surface area contributed by atoms with E-state index in [9.17, 15) is 4.39 Å². The number of nitrogens with one attached hydrogen (secondary N) is 1. The molecule has 0 heterocycles. The van der Waals surface area contributed by atoms with Crippen molar-refractivity contribution in [1.29, 1.82) is 0 Å². The molecule has 0 aliphatic rings. The van der Waals surface area contributed by atoms with Gasteiger partial charge < -0.3 is 11.1 Å². The van der Waals surface area contributed by atoms with Crippen LogP contribution in [0.3, 0.4) is 0 Å². The molecule has 2 aromatic carbocycles. The van der Waals surface area contributed by atoms with Crippen LogP contribution in [-0.4, -0.2) is 4.99 Å². The van der Waals surface area contributed by atoms with E-state index in [1.54, 1.807) is 12.1 Å². The van der Waals surface area contributed by atoms with Gasteiger partial charge in [-0.05, 0) is 30.7 Å². The van der Waals surface area contributed by atoms with Gasteiger partial charge in [0.2, 0.25) is 0 Å². The number of hydrogen-bond acceptors (Lipinski definition) is 2. The third-order valence-corrected chi connectivity index (χ3v) is 3.05. The van der Waals surface area contributed by atoms with E-state index >= 15 is 0 Å². The SMILES string of the molecule is Cc1cccc(CNc2ccc(C(N)=S)cc2F)c1. The van der Waals surface area contributed by atoms with Gasteiger partial charge in [-0.15, -0.1) is 0 Å². The molecule has 0 amide bonds. The van der Waals surface area contributed by atoms with Gasteiger partial charge in [0, 0.05) is 12.1 Å². The van der Waals surface area contributed by atoms with Gasteiger partial charge in [0.05, 0.1) is 5.69 Å². The van der Waals surface area contributed by atoms with E-state index in [-0.39, 0.29) is 10.8 Å². The van der Waals surface area contributed by atoms with Crippen LogP contribution in [0.4, 0.5) is 10.1 Å². The van der Waals surface area contributed by atoms with Crippen molar-refractivity contribution in [2.24, 2.45) is 5.73 Å². The molecule has 0 unspecified atom stereocenters. The summed E-state index contributed by atoms with van der Waals surface area (Å²) in [4.78, 5) is 0.198. The first-order valence-electron chi connectivity index (χ1n) is 5.95. The number of anilines is 1. The zero-order chi connectivity index (χ0) is 13.8. The molecule has 4 heteroatoms. The predicted octanol–water partition coefficient (Wildman–Crippen LogP) is 3.38. The Hall–Kier alpha value is -1.94. The Bertz CT molecular complexity index is 611. The Morgan fingerprint density at radius 2 is 2.05 bits per heavy atom. The van der Waals surface area contributed by atoms with Crippen LogP contribution in [0.1, 0.15) is 16.7 Å². The Morgan fingerprint density at radius 3 is 2.68 bits per heavy atom. The van der Waals surface area contributed by atoms with E-state index in [2.05, 4.69) is 11.4 Å². The van der Waals surface area contributed by atoms with Crippen LogP contribution in [0.25, 0.3) is 0 Å². The summed E-state index contributed by atoms with van der Waals surface area (Å²) in [6.45, 7) is 2.60. The number of thiocarbonyl (C=S) groups is 1. The van der Waals surface area contributed by atoms with Crippen LogP contribution in [-0.2, 0) is 6.54 Å². The van der Waals surface area contributed by atoms with Crippen LogP contribution in [0.15, 0.2) is 42.5 Å². The highest BCUT2D eigenvalue weighted by atomic mass is 32.1. The molecule has 0 fully saturated rings. The molecule has 0 saturated carbocycles. The van der Waals surface area contributed by atoms with Crippen molar-refractivity contribution in [3.05, 3.63) is 65.0 Å².